The first-order valence-electron chi connectivity index (χ1n) is 24.7. The lowest BCUT2D eigenvalue weighted by Crippen LogP contribution is -2.37. The zero-order valence-electron chi connectivity index (χ0n) is 37.3. The summed E-state index contributed by atoms with van der Waals surface area (Å²) < 4.78 is 7.44. The highest BCUT2D eigenvalue weighted by molar-refractivity contribution is 4.80. The number of hydrogen-bond acceptors (Lipinski definition) is 1. The van der Waals surface area contributed by atoms with Gasteiger partial charge in [-0.3, -0.25) is 0 Å². The Morgan fingerprint density at radius 2 is 0.490 bits per heavy atom. The lowest BCUT2D eigenvalue weighted by Gasteiger charge is -2.38. The summed E-state index contributed by atoms with van der Waals surface area (Å²) in [6.07, 6.45) is 51.8. The van der Waals surface area contributed by atoms with E-state index in [4.69, 9.17) is 4.74 Å². The van der Waals surface area contributed by atoms with Crippen LogP contribution in [-0.4, -0.2) is 12.2 Å². The van der Waals surface area contributed by atoms with Crippen molar-refractivity contribution in [1.29, 1.82) is 0 Å². The van der Waals surface area contributed by atoms with Gasteiger partial charge in [-0.05, 0) is 36.5 Å². The van der Waals surface area contributed by atoms with E-state index in [1.54, 1.807) is 0 Å². The van der Waals surface area contributed by atoms with E-state index >= 15 is 0 Å². The summed E-state index contributed by atoms with van der Waals surface area (Å²) in [7, 11) is 0. The monoisotopic (exact) mass is 719 g/mol. The third-order valence-electron chi connectivity index (χ3n) is 13.2. The molecule has 51 heavy (non-hydrogen) atoms. The summed E-state index contributed by atoms with van der Waals surface area (Å²) in [4.78, 5) is 0. The van der Waals surface area contributed by atoms with Crippen LogP contribution in [0.15, 0.2) is 0 Å². The van der Waals surface area contributed by atoms with Crippen molar-refractivity contribution in [2.75, 3.05) is 0 Å². The fourth-order valence-corrected chi connectivity index (χ4v) is 9.09. The predicted molar refractivity (Wildman–Crippen MR) is 234 cm³/mol. The molecule has 0 aliphatic rings. The molecule has 0 saturated heterocycles. The highest BCUT2D eigenvalue weighted by atomic mass is 16.5. The quantitative estimate of drug-likeness (QED) is 0.0571. The van der Waals surface area contributed by atoms with Gasteiger partial charge in [0.05, 0.1) is 12.2 Å². The number of unbranched alkanes of at least 4 members (excludes halogenated alkanes) is 28. The minimum absolute atomic E-state index is 0.450. The Bertz CT molecular complexity index is 589. The lowest BCUT2D eigenvalue weighted by atomic mass is 9.80. The highest BCUT2D eigenvalue weighted by Crippen LogP contribution is 2.34. The van der Waals surface area contributed by atoms with E-state index in [9.17, 15) is 0 Å². The molecule has 0 aromatic carbocycles. The van der Waals surface area contributed by atoms with Gasteiger partial charge in [0.1, 0.15) is 0 Å². The van der Waals surface area contributed by atoms with Crippen LogP contribution in [0.4, 0.5) is 0 Å². The minimum atomic E-state index is 0.450. The van der Waals surface area contributed by atoms with Crippen LogP contribution in [-0.2, 0) is 4.74 Å². The predicted octanol–water partition coefficient (Wildman–Crippen LogP) is 18.4. The van der Waals surface area contributed by atoms with Crippen LogP contribution in [0.2, 0.25) is 0 Å². The van der Waals surface area contributed by atoms with Crippen LogP contribution in [0.3, 0.4) is 0 Å². The average molecular weight is 719 g/mol. The van der Waals surface area contributed by atoms with Gasteiger partial charge in [-0.15, -0.1) is 0 Å². The van der Waals surface area contributed by atoms with Crippen molar-refractivity contribution < 1.29 is 4.74 Å². The molecule has 6 atom stereocenters. The molecule has 0 bridgehead atoms. The molecule has 1 heteroatoms. The number of hydrogen-bond donors (Lipinski definition) is 0. The second-order valence-electron chi connectivity index (χ2n) is 17.6. The maximum atomic E-state index is 7.44. The molecule has 0 aliphatic heterocycles. The molecule has 0 amide bonds. The van der Waals surface area contributed by atoms with E-state index in [2.05, 4.69) is 55.4 Å². The normalized spacial score (nSPS) is 15.5. The molecule has 0 spiro atoms. The van der Waals surface area contributed by atoms with Gasteiger partial charge >= 0.3 is 0 Å². The van der Waals surface area contributed by atoms with E-state index in [-0.39, 0.29) is 0 Å². The maximum absolute atomic E-state index is 7.44. The van der Waals surface area contributed by atoms with Crippen LogP contribution in [0.25, 0.3) is 0 Å². The van der Waals surface area contributed by atoms with E-state index in [1.807, 2.05) is 0 Å². The van der Waals surface area contributed by atoms with Crippen LogP contribution < -0.4 is 0 Å². The molecule has 0 aromatic rings. The molecular weight excluding hydrogens is 617 g/mol. The van der Waals surface area contributed by atoms with Gasteiger partial charge < -0.3 is 4.74 Å². The van der Waals surface area contributed by atoms with E-state index in [0.29, 0.717) is 24.0 Å². The van der Waals surface area contributed by atoms with Crippen LogP contribution in [0.1, 0.15) is 287 Å². The molecule has 0 rings (SSSR count). The van der Waals surface area contributed by atoms with Gasteiger partial charge in [-0.25, -0.2) is 0 Å². The molecule has 0 radical (unpaired) electrons. The first-order valence-corrected chi connectivity index (χ1v) is 24.7. The van der Waals surface area contributed by atoms with Crippen molar-refractivity contribution in [3.63, 3.8) is 0 Å². The Labute approximate surface area is 326 Å². The third-order valence-corrected chi connectivity index (χ3v) is 13.2. The lowest BCUT2D eigenvalue weighted by molar-refractivity contribution is -0.0973. The molecule has 308 valence electrons. The summed E-state index contributed by atoms with van der Waals surface area (Å²) in [5.74, 6) is 2.93. The Morgan fingerprint density at radius 1 is 0.275 bits per heavy atom. The van der Waals surface area contributed by atoms with Crippen LogP contribution >= 0.6 is 0 Å². The molecule has 1 nitrogen and oxygen atoms in total. The van der Waals surface area contributed by atoms with Crippen molar-refractivity contribution in [3.8, 4) is 0 Å². The first kappa shape index (κ1) is 51.0. The fourth-order valence-electron chi connectivity index (χ4n) is 9.09. The molecule has 0 saturated carbocycles. The Balaban J connectivity index is 4.64. The largest absolute Gasteiger partial charge is 0.374 e. The van der Waals surface area contributed by atoms with E-state index < -0.39 is 0 Å². The first-order chi connectivity index (χ1) is 25.0. The minimum Gasteiger partial charge on any atom is -0.374 e. The number of rotatable bonds is 42. The standard InChI is InChI=1S/C50H102O/c1-9-15-17-19-21-23-25-27-29-31-33-35-37-39-41-43-49(47(13-5)45(7)11-3)51-50(48(14-6)46(8)12-4)44-42-40-38-36-34-32-30-28-26-24-22-20-18-16-10-2/h45-50H,9-44H2,1-8H3. The zero-order valence-corrected chi connectivity index (χ0v) is 37.3. The third kappa shape index (κ3) is 29.9. The second-order valence-corrected chi connectivity index (χ2v) is 17.6. The van der Waals surface area contributed by atoms with E-state index in [1.165, 1.54) is 231 Å². The zero-order chi connectivity index (χ0) is 37.6. The summed E-state index contributed by atoms with van der Waals surface area (Å²) in [5.41, 5.74) is 0. The SMILES string of the molecule is CCCCCCCCCCCCCCCCCC(OC(CCCCCCCCCCCCCCCCC)C(CC)C(C)CC)C(CC)C(C)CC. The fraction of sp³-hybridized carbons (Fsp3) is 1.00. The average Bonchev–Trinajstić information content (AvgIpc) is 3.14. The summed E-state index contributed by atoms with van der Waals surface area (Å²) in [5, 5.41) is 0. The van der Waals surface area contributed by atoms with Crippen molar-refractivity contribution in [3.05, 3.63) is 0 Å². The molecule has 6 unspecified atom stereocenters. The molecule has 0 aliphatic carbocycles. The Morgan fingerprint density at radius 3 is 0.686 bits per heavy atom. The van der Waals surface area contributed by atoms with Crippen LogP contribution in [0, 0.1) is 23.7 Å². The van der Waals surface area contributed by atoms with Gasteiger partial charge in [0, 0.05) is 0 Å². The highest BCUT2D eigenvalue weighted by Gasteiger charge is 2.32. The smallest absolute Gasteiger partial charge is 0.0609 e. The molecule has 0 N–H and O–H groups in total. The van der Waals surface area contributed by atoms with Gasteiger partial charge in [-0.2, -0.15) is 0 Å². The van der Waals surface area contributed by atoms with E-state index in [0.717, 1.165) is 11.8 Å². The maximum Gasteiger partial charge on any atom is 0.0609 e. The van der Waals surface area contributed by atoms with Gasteiger partial charge in [0.2, 0.25) is 0 Å². The topological polar surface area (TPSA) is 9.23 Å². The van der Waals surface area contributed by atoms with Crippen molar-refractivity contribution >= 4 is 0 Å². The Kier molecular flexibility index (Phi) is 39.6. The second kappa shape index (κ2) is 39.6. The van der Waals surface area contributed by atoms with Crippen LogP contribution in [0.5, 0.6) is 0 Å². The van der Waals surface area contributed by atoms with Crippen molar-refractivity contribution in [1.82, 2.24) is 0 Å². The van der Waals surface area contributed by atoms with Crippen molar-refractivity contribution in [2.45, 2.75) is 299 Å². The molecular formula is C50H102O. The van der Waals surface area contributed by atoms with Gasteiger partial charge in [0.25, 0.3) is 0 Å². The molecule has 0 aromatic heterocycles. The summed E-state index contributed by atoms with van der Waals surface area (Å²) in [6, 6.07) is 0. The summed E-state index contributed by atoms with van der Waals surface area (Å²) >= 11 is 0. The van der Waals surface area contributed by atoms with Gasteiger partial charge in [-0.1, -0.05) is 274 Å². The molecule has 0 fully saturated rings. The summed E-state index contributed by atoms with van der Waals surface area (Å²) in [6.45, 7) is 19.3. The van der Waals surface area contributed by atoms with Crippen molar-refractivity contribution in [2.24, 2.45) is 23.7 Å². The van der Waals surface area contributed by atoms with Gasteiger partial charge in [0.15, 0.2) is 0 Å². The Hall–Kier alpha value is -0.0400. The number of ether oxygens (including phenoxy) is 1. The molecule has 0 heterocycles.